The molecule has 1 amide bonds. The maximum atomic E-state index is 11.1. The van der Waals surface area contributed by atoms with Crippen LogP contribution >= 0.6 is 31.9 Å². The first-order valence-corrected chi connectivity index (χ1v) is 4.77. The summed E-state index contributed by atoms with van der Waals surface area (Å²) in [6.07, 6.45) is 0. The predicted molar refractivity (Wildman–Crippen MR) is 55.3 cm³/mol. The van der Waals surface area contributed by atoms with Crippen molar-refractivity contribution in [2.75, 3.05) is 0 Å². The summed E-state index contributed by atoms with van der Waals surface area (Å²) in [4.78, 5) is 13.5. The lowest BCUT2D eigenvalue weighted by atomic mass is 10.2. The largest absolute Gasteiger partial charge is 0.287 e. The normalized spacial score (nSPS) is 9.08. The Morgan fingerprint density at radius 2 is 1.85 bits per heavy atom. The third-order valence-electron chi connectivity index (χ3n) is 1.25. The van der Waals surface area contributed by atoms with Gasteiger partial charge in [0.05, 0.1) is 0 Å². The molecule has 6 heteroatoms. The van der Waals surface area contributed by atoms with Crippen molar-refractivity contribution < 1.29 is 4.79 Å². The Labute approximate surface area is 90.8 Å². The summed E-state index contributed by atoms with van der Waals surface area (Å²) in [5.74, 6) is -0.593. The summed E-state index contributed by atoms with van der Waals surface area (Å²) in [5, 5.41) is 2.98. The standard InChI is InChI=1S/C7H3Br2N3O/c8-5-1-4(2-6(9)3-5)7(13)11-12-10/h1-3H. The van der Waals surface area contributed by atoms with Gasteiger partial charge in [-0.05, 0) is 28.8 Å². The average molecular weight is 305 g/mol. The first-order valence-electron chi connectivity index (χ1n) is 3.19. The number of rotatable bonds is 1. The molecule has 0 unspecified atom stereocenters. The SMILES string of the molecule is [N-]=[N+]=NC(=O)c1cc(Br)cc(Br)c1. The van der Waals surface area contributed by atoms with Crippen molar-refractivity contribution in [1.82, 2.24) is 0 Å². The van der Waals surface area contributed by atoms with Crippen LogP contribution in [0.4, 0.5) is 0 Å². The van der Waals surface area contributed by atoms with Gasteiger partial charge in [0.15, 0.2) is 0 Å². The van der Waals surface area contributed by atoms with E-state index in [1.807, 2.05) is 0 Å². The number of carbonyl (C=O) groups is 1. The highest BCUT2D eigenvalue weighted by atomic mass is 79.9. The number of azide groups is 1. The maximum Gasteiger partial charge on any atom is 0.249 e. The molecular formula is C7H3Br2N3O. The molecule has 0 N–H and O–H groups in total. The number of amides is 1. The molecule has 1 aromatic rings. The van der Waals surface area contributed by atoms with E-state index >= 15 is 0 Å². The van der Waals surface area contributed by atoms with Gasteiger partial charge in [-0.3, -0.25) is 4.79 Å². The molecule has 0 aromatic heterocycles. The maximum absolute atomic E-state index is 11.1. The van der Waals surface area contributed by atoms with Crippen LogP contribution in [0.1, 0.15) is 10.4 Å². The number of halogens is 2. The van der Waals surface area contributed by atoms with Crippen molar-refractivity contribution >= 4 is 37.8 Å². The lowest BCUT2D eigenvalue weighted by molar-refractivity contribution is 0.100. The van der Waals surface area contributed by atoms with Crippen LogP contribution in [0.2, 0.25) is 0 Å². The van der Waals surface area contributed by atoms with Crippen molar-refractivity contribution in [1.29, 1.82) is 0 Å². The summed E-state index contributed by atoms with van der Waals surface area (Å²) < 4.78 is 1.50. The van der Waals surface area contributed by atoms with Gasteiger partial charge in [0.25, 0.3) is 0 Å². The van der Waals surface area contributed by atoms with Gasteiger partial charge in [-0.25, -0.2) is 0 Å². The van der Waals surface area contributed by atoms with Crippen molar-refractivity contribution in [3.63, 3.8) is 0 Å². The fourth-order valence-electron chi connectivity index (χ4n) is 0.776. The van der Waals surface area contributed by atoms with Crippen molar-refractivity contribution in [2.24, 2.45) is 5.11 Å². The van der Waals surface area contributed by atoms with Crippen LogP contribution in [0.3, 0.4) is 0 Å². The number of nitrogens with zero attached hydrogens (tertiary/aromatic N) is 3. The molecule has 66 valence electrons. The van der Waals surface area contributed by atoms with Gasteiger partial charge in [0.2, 0.25) is 5.91 Å². The molecule has 0 aliphatic heterocycles. The van der Waals surface area contributed by atoms with Crippen LogP contribution in [-0.4, -0.2) is 5.91 Å². The molecule has 1 rings (SSSR count). The Morgan fingerprint density at radius 1 is 1.31 bits per heavy atom. The molecule has 0 fully saturated rings. The number of carbonyl (C=O) groups excluding carboxylic acids is 1. The Kier molecular flexibility index (Phi) is 3.48. The fourth-order valence-corrected chi connectivity index (χ4v) is 2.07. The van der Waals surface area contributed by atoms with Gasteiger partial charge in [0.1, 0.15) is 0 Å². The second-order valence-electron chi connectivity index (χ2n) is 2.15. The monoisotopic (exact) mass is 303 g/mol. The van der Waals surface area contributed by atoms with Gasteiger partial charge >= 0.3 is 0 Å². The quantitative estimate of drug-likeness (QED) is 0.443. The minimum absolute atomic E-state index is 0.346. The minimum atomic E-state index is -0.593. The molecule has 1 aromatic carbocycles. The van der Waals surface area contributed by atoms with Crippen molar-refractivity contribution in [3.05, 3.63) is 43.2 Å². The third kappa shape index (κ3) is 2.84. The molecule has 0 aliphatic carbocycles. The van der Waals surface area contributed by atoms with E-state index < -0.39 is 5.91 Å². The Balaban J connectivity index is 3.15. The molecule has 0 aliphatic rings. The van der Waals surface area contributed by atoms with E-state index in [1.54, 1.807) is 18.2 Å². The van der Waals surface area contributed by atoms with Gasteiger partial charge in [-0.1, -0.05) is 31.9 Å². The van der Waals surface area contributed by atoms with E-state index in [2.05, 4.69) is 41.9 Å². The number of hydrogen-bond donors (Lipinski definition) is 0. The van der Waals surface area contributed by atoms with Gasteiger partial charge in [-0.2, -0.15) is 0 Å². The zero-order valence-electron chi connectivity index (χ0n) is 6.24. The minimum Gasteiger partial charge on any atom is -0.287 e. The molecule has 0 saturated heterocycles. The second kappa shape index (κ2) is 4.41. The van der Waals surface area contributed by atoms with Gasteiger partial charge < -0.3 is 0 Å². The van der Waals surface area contributed by atoms with Crippen LogP contribution in [0, 0.1) is 0 Å². The highest BCUT2D eigenvalue weighted by Crippen LogP contribution is 2.20. The van der Waals surface area contributed by atoms with E-state index in [0.717, 1.165) is 8.95 Å². The summed E-state index contributed by atoms with van der Waals surface area (Å²) in [6.45, 7) is 0. The van der Waals surface area contributed by atoms with Crippen LogP contribution in [-0.2, 0) is 0 Å². The average Bonchev–Trinajstić information content (AvgIpc) is 2.03. The molecule has 0 saturated carbocycles. The summed E-state index contributed by atoms with van der Waals surface area (Å²) in [6, 6.07) is 4.95. The highest BCUT2D eigenvalue weighted by molar-refractivity contribution is 9.11. The summed E-state index contributed by atoms with van der Waals surface area (Å²) in [5.41, 5.74) is 8.40. The van der Waals surface area contributed by atoms with Crippen LogP contribution in [0.25, 0.3) is 10.4 Å². The Morgan fingerprint density at radius 3 is 2.31 bits per heavy atom. The summed E-state index contributed by atoms with van der Waals surface area (Å²) in [7, 11) is 0. The summed E-state index contributed by atoms with van der Waals surface area (Å²) >= 11 is 6.43. The zero-order valence-corrected chi connectivity index (χ0v) is 9.41. The van der Waals surface area contributed by atoms with Crippen LogP contribution in [0.15, 0.2) is 32.3 Å². The smallest absolute Gasteiger partial charge is 0.249 e. The van der Waals surface area contributed by atoms with Crippen molar-refractivity contribution in [3.8, 4) is 0 Å². The molecule has 4 nitrogen and oxygen atoms in total. The zero-order chi connectivity index (χ0) is 9.84. The van der Waals surface area contributed by atoms with Gasteiger partial charge in [0, 0.05) is 19.4 Å². The van der Waals surface area contributed by atoms with E-state index in [-0.39, 0.29) is 0 Å². The highest BCUT2D eigenvalue weighted by Gasteiger charge is 2.04. The lowest BCUT2D eigenvalue weighted by Gasteiger charge is -1.97. The number of benzene rings is 1. The molecule has 13 heavy (non-hydrogen) atoms. The van der Waals surface area contributed by atoms with Gasteiger partial charge in [-0.15, -0.1) is 0 Å². The van der Waals surface area contributed by atoms with E-state index in [4.69, 9.17) is 5.53 Å². The van der Waals surface area contributed by atoms with E-state index in [0.29, 0.717) is 5.56 Å². The fraction of sp³-hybridized carbons (Fsp3) is 0. The molecule has 0 radical (unpaired) electrons. The molecule has 0 bridgehead atoms. The first kappa shape index (κ1) is 10.2. The molecule has 0 spiro atoms. The number of hydrogen-bond acceptors (Lipinski definition) is 1. The first-order chi connectivity index (χ1) is 6.13. The van der Waals surface area contributed by atoms with Crippen molar-refractivity contribution in [2.45, 2.75) is 0 Å². The topological polar surface area (TPSA) is 65.8 Å². The molecular weight excluding hydrogens is 302 g/mol. The predicted octanol–water partition coefficient (Wildman–Crippen LogP) is 3.66. The molecule has 0 atom stereocenters. The molecule has 0 heterocycles. The van der Waals surface area contributed by atoms with E-state index in [9.17, 15) is 4.79 Å². The van der Waals surface area contributed by atoms with Crippen LogP contribution in [0.5, 0.6) is 0 Å². The second-order valence-corrected chi connectivity index (χ2v) is 3.98. The third-order valence-corrected chi connectivity index (χ3v) is 2.16. The van der Waals surface area contributed by atoms with Crippen LogP contribution < -0.4 is 0 Å². The van der Waals surface area contributed by atoms with E-state index in [1.165, 1.54) is 0 Å². The Hall–Kier alpha value is -0.840. The Bertz CT molecular complexity index is 378. The lowest BCUT2D eigenvalue weighted by Crippen LogP contribution is -1.92.